The summed E-state index contributed by atoms with van der Waals surface area (Å²) in [5, 5.41) is 9.52. The maximum Gasteiger partial charge on any atom is 0.244 e. The SMILES string of the molecule is C=CS(=O)(=O)CCN(C/C(N)=C/N(N)CCNC(=O)CCCCC1C2C3CS132)S(=O)(=O)c1cccc2c(N(C)C)cccc12. The smallest absolute Gasteiger partial charge is 0.244 e. The molecule has 0 aromatic heterocycles. The molecule has 44 heavy (non-hydrogen) atoms. The van der Waals surface area contributed by atoms with Gasteiger partial charge < -0.3 is 21.0 Å². The number of sulfone groups is 1. The Hall–Kier alpha value is -2.78. The largest absolute Gasteiger partial charge is 0.400 e. The van der Waals surface area contributed by atoms with Gasteiger partial charge in [-0.15, -0.1) is 0 Å². The third-order valence-corrected chi connectivity index (χ3v) is 16.9. The van der Waals surface area contributed by atoms with Gasteiger partial charge in [0.15, 0.2) is 9.84 Å². The van der Waals surface area contributed by atoms with Crippen LogP contribution >= 0.6 is 10.0 Å². The van der Waals surface area contributed by atoms with E-state index in [0.29, 0.717) is 18.4 Å². The number of benzene rings is 2. The third kappa shape index (κ3) is 6.74. The minimum absolute atomic E-state index is 0.0145. The third-order valence-electron chi connectivity index (χ3n) is 8.91. The Bertz CT molecular complexity index is 1680. The number of anilines is 1. The lowest BCUT2D eigenvalue weighted by Gasteiger charge is -2.24. The normalized spacial score (nSPS) is 25.0. The first-order valence-electron chi connectivity index (χ1n) is 14.9. The molecule has 4 unspecified atom stereocenters. The maximum absolute atomic E-state index is 14.0. The van der Waals surface area contributed by atoms with Crippen molar-refractivity contribution in [2.75, 3.05) is 56.7 Å². The molecule has 4 atom stereocenters. The van der Waals surface area contributed by atoms with Crippen molar-refractivity contribution in [3.63, 3.8) is 0 Å². The lowest BCUT2D eigenvalue weighted by atomic mass is 10.1. The monoisotopic (exact) mass is 664 g/mol. The number of nitrogens with one attached hydrogen (secondary N) is 1. The first kappa shape index (κ1) is 32.6. The van der Waals surface area contributed by atoms with Crippen LogP contribution in [-0.4, -0.2) is 99.6 Å². The molecule has 1 amide bonds. The molecular weight excluding hydrogens is 621 g/mol. The van der Waals surface area contributed by atoms with Gasteiger partial charge in [-0.1, -0.05) is 37.3 Å². The summed E-state index contributed by atoms with van der Waals surface area (Å²) in [6.07, 6.45) is 5.19. The molecule has 0 saturated carbocycles. The Kier molecular flexibility index (Phi) is 9.30. The molecule has 3 aliphatic heterocycles. The van der Waals surface area contributed by atoms with Gasteiger partial charge in [0.05, 0.1) is 23.7 Å². The van der Waals surface area contributed by atoms with E-state index >= 15 is 0 Å². The maximum atomic E-state index is 14.0. The Balaban J connectivity index is 1.19. The second kappa shape index (κ2) is 12.5. The van der Waals surface area contributed by atoms with Crippen LogP contribution in [0.4, 0.5) is 5.69 Å². The van der Waals surface area contributed by atoms with Crippen molar-refractivity contribution in [3.8, 4) is 0 Å². The molecule has 3 saturated heterocycles. The van der Waals surface area contributed by atoms with Crippen LogP contribution < -0.4 is 21.8 Å². The highest BCUT2D eigenvalue weighted by Gasteiger charge is 2.93. The molecule has 3 heterocycles. The summed E-state index contributed by atoms with van der Waals surface area (Å²) in [4.78, 5) is 14.2. The highest BCUT2D eigenvalue weighted by Crippen LogP contribution is 3.09. The molecule has 5 N–H and O–H groups in total. The van der Waals surface area contributed by atoms with Crippen molar-refractivity contribution in [2.24, 2.45) is 11.6 Å². The van der Waals surface area contributed by atoms with Crippen LogP contribution in [0.2, 0.25) is 0 Å². The molecule has 2 aromatic rings. The van der Waals surface area contributed by atoms with E-state index in [1.54, 1.807) is 18.2 Å². The molecule has 2 aromatic carbocycles. The fourth-order valence-corrected chi connectivity index (χ4v) is 14.0. The number of carbonyl (C=O) groups excluding carboxylic acids is 1. The first-order valence-corrected chi connectivity index (χ1v) is 20.0. The van der Waals surface area contributed by atoms with Gasteiger partial charge in [-0.05, 0) is 30.7 Å². The Morgan fingerprint density at radius 3 is 2.45 bits per heavy atom. The summed E-state index contributed by atoms with van der Waals surface area (Å²) < 4.78 is 53.5. The minimum Gasteiger partial charge on any atom is -0.400 e. The second-order valence-corrected chi connectivity index (χ2v) is 19.9. The van der Waals surface area contributed by atoms with E-state index in [4.69, 9.17) is 11.6 Å². The van der Waals surface area contributed by atoms with Gasteiger partial charge in [0.1, 0.15) is 0 Å². The topological polar surface area (TPSA) is 159 Å². The summed E-state index contributed by atoms with van der Waals surface area (Å²) in [5.74, 6) is 7.14. The van der Waals surface area contributed by atoms with Crippen LogP contribution in [0.3, 0.4) is 0 Å². The molecular formula is C30H44N6O5S3. The quantitative estimate of drug-likeness (QED) is 0.0939. The Labute approximate surface area is 262 Å². The van der Waals surface area contributed by atoms with Crippen LogP contribution in [0.15, 0.2) is 65.2 Å². The van der Waals surface area contributed by atoms with E-state index in [1.807, 2.05) is 31.1 Å². The predicted molar refractivity (Wildman–Crippen MR) is 179 cm³/mol. The average Bonchev–Trinajstić information content (AvgIpc) is 3.91. The molecule has 0 bridgehead atoms. The molecule has 14 heteroatoms. The molecule has 1 spiro atoms. The van der Waals surface area contributed by atoms with E-state index in [-0.39, 0.29) is 46.2 Å². The fraction of sp³-hybridized carbons (Fsp3) is 0.500. The van der Waals surface area contributed by atoms with Gasteiger partial charge in [-0.25, -0.2) is 32.7 Å². The lowest BCUT2D eigenvalue weighted by Crippen LogP contribution is -2.40. The van der Waals surface area contributed by atoms with Crippen LogP contribution in [0.1, 0.15) is 25.7 Å². The van der Waals surface area contributed by atoms with Crippen molar-refractivity contribution in [3.05, 3.63) is 60.3 Å². The zero-order valence-corrected chi connectivity index (χ0v) is 27.8. The molecule has 3 fully saturated rings. The summed E-state index contributed by atoms with van der Waals surface area (Å²) in [5.41, 5.74) is 7.20. The lowest BCUT2D eigenvalue weighted by molar-refractivity contribution is -0.121. The van der Waals surface area contributed by atoms with Crippen molar-refractivity contribution in [1.29, 1.82) is 0 Å². The molecule has 242 valence electrons. The molecule has 5 rings (SSSR count). The highest BCUT2D eigenvalue weighted by atomic mass is 32.3. The van der Waals surface area contributed by atoms with Gasteiger partial charge >= 0.3 is 0 Å². The van der Waals surface area contributed by atoms with Crippen LogP contribution in [-0.2, 0) is 24.7 Å². The molecule has 0 radical (unpaired) electrons. The number of hydrogen-bond donors (Lipinski definition) is 3. The number of fused-ring (bicyclic) bond motifs is 2. The van der Waals surface area contributed by atoms with E-state index in [9.17, 15) is 21.6 Å². The summed E-state index contributed by atoms with van der Waals surface area (Å²) in [7, 11) is -4.16. The van der Waals surface area contributed by atoms with Crippen LogP contribution in [0.25, 0.3) is 10.8 Å². The predicted octanol–water partition coefficient (Wildman–Crippen LogP) is 2.06. The molecule has 3 aliphatic rings. The number of rotatable bonds is 18. The second-order valence-electron chi connectivity index (χ2n) is 12.0. The van der Waals surface area contributed by atoms with Gasteiger partial charge in [0.2, 0.25) is 15.9 Å². The summed E-state index contributed by atoms with van der Waals surface area (Å²) in [6.45, 7) is 3.28. The van der Waals surface area contributed by atoms with Gasteiger partial charge in [-0.2, -0.15) is 4.31 Å². The standard InChI is InChI=1S/C30H44N6O5S3/c1-4-42(38,39)18-17-36(44(40,41)26-13-8-9-23-24(26)10-7-11-25(23)34(2)3)20-22(31)19-35(32)16-15-33-29(37)14-6-5-12-27-30-28-21-43(27,28)30/h4,7-11,13,19,27-28,30H,1,5-6,12,14-18,20-21,31-32H2,2-3H3,(H,33,37)/b22-19-. The van der Waals surface area contributed by atoms with Crippen molar-refractivity contribution in [1.82, 2.24) is 14.6 Å². The Morgan fingerprint density at radius 2 is 1.80 bits per heavy atom. The van der Waals surface area contributed by atoms with Gasteiger partial charge in [0.25, 0.3) is 0 Å². The van der Waals surface area contributed by atoms with Crippen molar-refractivity contribution >= 4 is 52.3 Å². The number of hydrazine groups is 1. The summed E-state index contributed by atoms with van der Waals surface area (Å²) in [6, 6.07) is 10.4. The van der Waals surface area contributed by atoms with Crippen LogP contribution in [0, 0.1) is 0 Å². The Morgan fingerprint density at radius 1 is 1.09 bits per heavy atom. The highest BCUT2D eigenvalue weighted by molar-refractivity contribution is 8.54. The van der Waals surface area contributed by atoms with E-state index in [1.165, 1.54) is 29.4 Å². The average molecular weight is 665 g/mol. The summed E-state index contributed by atoms with van der Waals surface area (Å²) >= 11 is 0. The van der Waals surface area contributed by atoms with Crippen LogP contribution in [0.5, 0.6) is 0 Å². The van der Waals surface area contributed by atoms with E-state index < -0.39 is 25.6 Å². The number of amides is 1. The zero-order chi connectivity index (χ0) is 31.9. The number of hydrogen-bond acceptors (Lipinski definition) is 9. The number of unbranched alkanes of at least 4 members (excludes halogenated alkanes) is 1. The number of nitrogens with two attached hydrogens (primary N) is 2. The molecule has 0 aliphatic carbocycles. The zero-order valence-electron chi connectivity index (χ0n) is 25.4. The van der Waals surface area contributed by atoms with Crippen molar-refractivity contribution in [2.45, 2.75) is 46.3 Å². The first-order chi connectivity index (χ1) is 20.8. The minimum atomic E-state index is -4.19. The number of carbonyl (C=O) groups is 1. The van der Waals surface area contributed by atoms with Gasteiger partial charge in [-0.3, -0.25) is 4.79 Å². The van der Waals surface area contributed by atoms with E-state index in [2.05, 4.69) is 11.9 Å². The van der Waals surface area contributed by atoms with Crippen molar-refractivity contribution < 1.29 is 21.6 Å². The number of sulfonamides is 1. The van der Waals surface area contributed by atoms with E-state index in [0.717, 1.165) is 49.4 Å². The fourth-order valence-electron chi connectivity index (χ4n) is 6.30. The molecule has 11 nitrogen and oxygen atoms in total. The number of nitrogens with zero attached hydrogens (tertiary/aromatic N) is 3. The van der Waals surface area contributed by atoms with Gasteiger partial charge in [0, 0.05) is 83.1 Å².